The Bertz CT molecular complexity index is 1360. The van der Waals surface area contributed by atoms with Crippen molar-refractivity contribution in [3.63, 3.8) is 0 Å². The molecule has 7 rings (SSSR count). The molecule has 260 valence electrons. The van der Waals surface area contributed by atoms with Crippen LogP contribution in [0, 0.1) is 45.8 Å². The van der Waals surface area contributed by atoms with E-state index in [4.69, 9.17) is 0 Å². The molecule has 0 radical (unpaired) electrons. The van der Waals surface area contributed by atoms with Crippen LogP contribution in [0.15, 0.2) is 24.5 Å². The topological polar surface area (TPSA) is 81.6 Å². The molecular formula is C40H63N5O2. The van der Waals surface area contributed by atoms with Gasteiger partial charge in [-0.15, -0.1) is 0 Å². The Morgan fingerprint density at radius 3 is 2.30 bits per heavy atom. The highest BCUT2D eigenvalue weighted by atomic mass is 16.4. The average Bonchev–Trinajstić information content (AvgIpc) is 3.42. The number of aromatic nitrogens is 2. The van der Waals surface area contributed by atoms with Crippen LogP contribution in [-0.4, -0.2) is 69.7 Å². The summed E-state index contributed by atoms with van der Waals surface area (Å²) in [4.78, 5) is 25.7. The minimum absolute atomic E-state index is 0.104. The number of carboxylic acids is 1. The first-order valence-electron chi connectivity index (χ1n) is 19.2. The van der Waals surface area contributed by atoms with Crippen LogP contribution in [-0.2, 0) is 0 Å². The van der Waals surface area contributed by atoms with Crippen molar-refractivity contribution in [1.29, 1.82) is 0 Å². The number of carboxylic acid groups (broad SMARTS) is 1. The first kappa shape index (κ1) is 33.5. The van der Waals surface area contributed by atoms with Gasteiger partial charge in [-0.1, -0.05) is 39.3 Å². The monoisotopic (exact) mass is 645 g/mol. The molecule has 4 saturated carbocycles. The third kappa shape index (κ3) is 5.05. The minimum Gasteiger partial charge on any atom is -0.478 e. The number of aromatic carboxylic acids is 1. The molecule has 2 saturated heterocycles. The molecule has 1 aromatic rings. The van der Waals surface area contributed by atoms with Crippen LogP contribution in [0.4, 0.5) is 5.95 Å². The van der Waals surface area contributed by atoms with Gasteiger partial charge in [0.2, 0.25) is 5.95 Å². The molecule has 0 bridgehead atoms. The molecule has 2 N–H and O–H groups in total. The molecule has 7 nitrogen and oxygen atoms in total. The third-order valence-corrected chi connectivity index (χ3v) is 16.2. The van der Waals surface area contributed by atoms with Crippen molar-refractivity contribution in [3.05, 3.63) is 30.1 Å². The highest BCUT2D eigenvalue weighted by Crippen LogP contribution is 2.75. The van der Waals surface area contributed by atoms with Gasteiger partial charge in [0, 0.05) is 43.1 Å². The van der Waals surface area contributed by atoms with Gasteiger partial charge in [0.1, 0.15) is 0 Å². The normalized spacial score (nSPS) is 42.9. The summed E-state index contributed by atoms with van der Waals surface area (Å²) in [5, 5.41) is 13.7. The molecule has 0 amide bonds. The Morgan fingerprint density at radius 1 is 0.894 bits per heavy atom. The largest absolute Gasteiger partial charge is 0.478 e. The average molecular weight is 646 g/mol. The lowest BCUT2D eigenvalue weighted by atomic mass is 9.33. The molecule has 0 aromatic carbocycles. The molecule has 7 heteroatoms. The maximum absolute atomic E-state index is 11.5. The van der Waals surface area contributed by atoms with Crippen LogP contribution < -0.4 is 10.2 Å². The van der Waals surface area contributed by atoms with E-state index in [1.54, 1.807) is 0 Å². The number of hydrogen-bond acceptors (Lipinski definition) is 6. The fourth-order valence-corrected chi connectivity index (χ4v) is 13.7. The summed E-state index contributed by atoms with van der Waals surface area (Å²) >= 11 is 0. The van der Waals surface area contributed by atoms with E-state index >= 15 is 0 Å². The number of anilines is 1. The lowest BCUT2D eigenvalue weighted by Crippen LogP contribution is -2.71. The number of allylic oxidation sites excluding steroid dienone is 1. The van der Waals surface area contributed by atoms with Gasteiger partial charge in [0.05, 0.1) is 5.56 Å². The van der Waals surface area contributed by atoms with Crippen molar-refractivity contribution in [3.8, 4) is 0 Å². The van der Waals surface area contributed by atoms with Crippen LogP contribution in [0.2, 0.25) is 0 Å². The van der Waals surface area contributed by atoms with Crippen molar-refractivity contribution in [2.45, 2.75) is 130 Å². The molecule has 9 atom stereocenters. The van der Waals surface area contributed by atoms with Crippen molar-refractivity contribution >= 4 is 11.9 Å². The molecule has 2 aliphatic heterocycles. The lowest BCUT2D eigenvalue weighted by molar-refractivity contribution is -0.222. The Morgan fingerprint density at radius 2 is 1.62 bits per heavy atom. The highest BCUT2D eigenvalue weighted by molar-refractivity contribution is 5.86. The van der Waals surface area contributed by atoms with Crippen LogP contribution >= 0.6 is 0 Å². The first-order valence-corrected chi connectivity index (χ1v) is 19.2. The van der Waals surface area contributed by atoms with E-state index in [9.17, 15) is 9.90 Å². The van der Waals surface area contributed by atoms with Crippen molar-refractivity contribution in [2.75, 3.05) is 37.6 Å². The molecular weight excluding hydrogens is 582 g/mol. The number of carbonyl (C=O) groups is 1. The van der Waals surface area contributed by atoms with Gasteiger partial charge in [-0.3, -0.25) is 0 Å². The van der Waals surface area contributed by atoms with E-state index in [2.05, 4.69) is 73.2 Å². The second-order valence-electron chi connectivity index (χ2n) is 18.3. The Hall–Kier alpha value is -1.99. The van der Waals surface area contributed by atoms with Gasteiger partial charge >= 0.3 is 5.97 Å². The van der Waals surface area contributed by atoms with E-state index < -0.39 is 5.97 Å². The molecule has 0 unspecified atom stereocenters. The molecule has 47 heavy (non-hydrogen) atoms. The van der Waals surface area contributed by atoms with Crippen LogP contribution in [0.3, 0.4) is 0 Å². The fourth-order valence-electron chi connectivity index (χ4n) is 13.7. The van der Waals surface area contributed by atoms with Crippen molar-refractivity contribution in [1.82, 2.24) is 20.2 Å². The molecule has 1 aromatic heterocycles. The zero-order chi connectivity index (χ0) is 33.4. The van der Waals surface area contributed by atoms with Crippen LogP contribution in [0.1, 0.15) is 129 Å². The number of rotatable bonds is 7. The summed E-state index contributed by atoms with van der Waals surface area (Å²) in [5.74, 6) is 3.04. The zero-order valence-electron chi connectivity index (χ0n) is 30.4. The Balaban J connectivity index is 1.14. The van der Waals surface area contributed by atoms with Crippen LogP contribution in [0.5, 0.6) is 0 Å². The Kier molecular flexibility index (Phi) is 8.42. The van der Waals surface area contributed by atoms with Crippen molar-refractivity contribution < 1.29 is 9.90 Å². The Labute approximate surface area is 284 Å². The number of piperidine rings is 2. The van der Waals surface area contributed by atoms with Gasteiger partial charge in [0.25, 0.3) is 0 Å². The summed E-state index contributed by atoms with van der Waals surface area (Å²) in [6, 6.07) is 0. The standard InChI is InChI=1S/C40H63N5O2/c1-27(2)29-13-16-40(43-20-24-44-21-9-8-10-22-44)18-17-38(6)30(33(29)40)11-12-32-37(5)19-23-45(35-41-25-28(26-42-35)34(46)47)36(3,4)31(37)14-15-39(32,38)7/h25-26,29-33,43H,1,8-24H2,2-7H3,(H,46,47)/t29-,30+,31-,32+,33+,37-,38+,39+,40-/m0/s1. The molecule has 6 fully saturated rings. The van der Waals surface area contributed by atoms with E-state index in [1.165, 1.54) is 108 Å². The fraction of sp³-hybridized carbons (Fsp3) is 0.825. The third-order valence-electron chi connectivity index (χ3n) is 16.2. The van der Waals surface area contributed by atoms with Gasteiger partial charge in [-0.05, 0) is 150 Å². The molecule has 6 aliphatic rings. The zero-order valence-corrected chi connectivity index (χ0v) is 30.4. The van der Waals surface area contributed by atoms with Crippen molar-refractivity contribution in [2.24, 2.45) is 45.8 Å². The summed E-state index contributed by atoms with van der Waals surface area (Å²) in [5.41, 5.74) is 2.66. The van der Waals surface area contributed by atoms with Gasteiger partial charge in [-0.2, -0.15) is 0 Å². The van der Waals surface area contributed by atoms with Crippen LogP contribution in [0.25, 0.3) is 0 Å². The van der Waals surface area contributed by atoms with Gasteiger partial charge in [0.15, 0.2) is 0 Å². The van der Waals surface area contributed by atoms with E-state index in [1.807, 2.05) is 0 Å². The quantitative estimate of drug-likeness (QED) is 0.293. The smallest absolute Gasteiger partial charge is 0.338 e. The number of fused-ring (bicyclic) bond motifs is 7. The minimum atomic E-state index is -0.974. The summed E-state index contributed by atoms with van der Waals surface area (Å²) in [6.07, 6.45) is 18.8. The number of nitrogens with zero attached hydrogens (tertiary/aromatic N) is 4. The number of nitrogens with one attached hydrogen (secondary N) is 1. The van der Waals surface area contributed by atoms with Gasteiger partial charge < -0.3 is 20.2 Å². The number of hydrogen-bond donors (Lipinski definition) is 2. The second-order valence-corrected chi connectivity index (χ2v) is 18.3. The maximum atomic E-state index is 11.5. The maximum Gasteiger partial charge on any atom is 0.338 e. The molecule has 3 heterocycles. The lowest BCUT2D eigenvalue weighted by Gasteiger charge is -2.73. The van der Waals surface area contributed by atoms with E-state index in [0.717, 1.165) is 25.4 Å². The number of likely N-dealkylation sites (tertiary alicyclic amines) is 1. The SMILES string of the molecule is C=C(C)[C@@H]1CC[C@]2(NCCN3CCCCC3)CC[C@]3(C)[C@H](CC[C@@H]4[C@@]5(C)CCN(c6ncc(C(=O)O)cn6)C(C)(C)[C@@H]5CC[C@]43C)[C@@H]12. The van der Waals surface area contributed by atoms with E-state index in [0.29, 0.717) is 40.4 Å². The summed E-state index contributed by atoms with van der Waals surface area (Å²) < 4.78 is 0. The van der Waals surface area contributed by atoms with E-state index in [-0.39, 0.29) is 22.1 Å². The molecule has 0 spiro atoms. The highest BCUT2D eigenvalue weighted by Gasteiger charge is 2.71. The second kappa shape index (κ2) is 11.8. The predicted molar refractivity (Wildman–Crippen MR) is 190 cm³/mol. The summed E-state index contributed by atoms with van der Waals surface area (Å²) in [6.45, 7) is 25.7. The molecule has 4 aliphatic carbocycles. The summed E-state index contributed by atoms with van der Waals surface area (Å²) in [7, 11) is 0. The first-order chi connectivity index (χ1) is 22.3. The predicted octanol–water partition coefficient (Wildman–Crippen LogP) is 7.83. The van der Waals surface area contributed by atoms with Gasteiger partial charge in [-0.25, -0.2) is 14.8 Å².